The van der Waals surface area contributed by atoms with E-state index >= 15 is 0 Å². The van der Waals surface area contributed by atoms with Gasteiger partial charge in [0.15, 0.2) is 0 Å². The average molecular weight is 558 g/mol. The molecule has 0 heterocycles. The molecule has 5 heteroatoms. The zero-order valence-corrected chi connectivity index (χ0v) is 27.7. The van der Waals surface area contributed by atoms with Crippen molar-refractivity contribution in [3.63, 3.8) is 0 Å². The third-order valence-electron chi connectivity index (χ3n) is 3.61. The second-order valence-corrected chi connectivity index (χ2v) is 8.01. The van der Waals surface area contributed by atoms with Gasteiger partial charge in [0.25, 0.3) is 0 Å². The fraction of sp³-hybridized carbons (Fsp3) is 0.394. The molecule has 0 aromatic heterocycles. The van der Waals surface area contributed by atoms with Gasteiger partial charge in [-0.25, -0.2) is 12.2 Å². The number of hydrogen-bond donors (Lipinski definition) is 4. The summed E-state index contributed by atoms with van der Waals surface area (Å²) in [5, 5.41) is 11.0. The van der Waals surface area contributed by atoms with E-state index < -0.39 is 0 Å². The summed E-state index contributed by atoms with van der Waals surface area (Å²) in [7, 11) is 15.0. The third-order valence-corrected chi connectivity index (χ3v) is 3.61. The summed E-state index contributed by atoms with van der Waals surface area (Å²) < 4.78 is 0. The van der Waals surface area contributed by atoms with Gasteiger partial charge in [0.2, 0.25) is 0 Å². The van der Waals surface area contributed by atoms with Crippen molar-refractivity contribution in [3.05, 3.63) is 120 Å². The van der Waals surface area contributed by atoms with Gasteiger partial charge in [0.05, 0.1) is 0 Å². The van der Waals surface area contributed by atoms with Crippen molar-refractivity contribution in [2.24, 2.45) is 0 Å². The Morgan fingerprint density at radius 1 is 0.684 bits per heavy atom. The van der Waals surface area contributed by atoms with Crippen molar-refractivity contribution >= 4 is 0 Å². The van der Waals surface area contributed by atoms with Crippen LogP contribution in [0.5, 0.6) is 0 Å². The van der Waals surface area contributed by atoms with Gasteiger partial charge in [-0.1, -0.05) is 90.9 Å². The van der Waals surface area contributed by atoms with Crippen molar-refractivity contribution in [1.29, 1.82) is 0 Å². The molecule has 2 aromatic rings. The molecule has 38 heavy (non-hydrogen) atoms. The van der Waals surface area contributed by atoms with Gasteiger partial charge in [0.1, 0.15) is 0 Å². The zero-order chi connectivity index (χ0) is 29.2. The predicted octanol–water partition coefficient (Wildman–Crippen LogP) is 6.26. The largest absolute Gasteiger partial charge is 0.323 e. The molecule has 0 spiro atoms. The number of rotatable bonds is 6. The van der Waals surface area contributed by atoms with Crippen molar-refractivity contribution in [2.75, 3.05) is 56.4 Å². The summed E-state index contributed by atoms with van der Waals surface area (Å²) in [6, 6.07) is 21.2. The smallest absolute Gasteiger partial charge is 0 e. The standard InChI is InChI=1S/C20H22.C5H7.4C2H7N.Ti/c1-17(13-14-19-9-5-3-6-10-19)15-18(2)16-20-11-7-4-8-12-20;1-3-5-4-2;4*1-3-2;/h3-13,15H,14,16H2,1-2H3;1,3-5H,2H3;4*3H,1-2H3;/q;-1;;;;;. The molecule has 0 aliphatic heterocycles. The number of nitrogens with one attached hydrogen (secondary N) is 4. The van der Waals surface area contributed by atoms with Crippen LogP contribution in [0.3, 0.4) is 0 Å². The Bertz CT molecular complexity index is 762. The van der Waals surface area contributed by atoms with Gasteiger partial charge in [-0.3, -0.25) is 6.58 Å². The first-order valence-corrected chi connectivity index (χ1v) is 12.7. The van der Waals surface area contributed by atoms with E-state index in [2.05, 4.69) is 108 Å². The Hall–Kier alpha value is -2.05. The molecule has 0 atom stereocenters. The Balaban J connectivity index is -0.000000167. The molecule has 0 saturated heterocycles. The van der Waals surface area contributed by atoms with Gasteiger partial charge in [-0.15, -0.1) is 0 Å². The molecule has 2 aromatic carbocycles. The van der Waals surface area contributed by atoms with E-state index in [0.29, 0.717) is 0 Å². The van der Waals surface area contributed by atoms with Crippen LogP contribution in [0.1, 0.15) is 31.9 Å². The molecule has 0 bridgehead atoms. The molecular weight excluding hydrogens is 500 g/mol. The summed E-state index contributed by atoms with van der Waals surface area (Å²) in [6.45, 7) is 11.2. The quantitative estimate of drug-likeness (QED) is 0.193. The number of allylic oxidation sites excluding steroid dienone is 7. The van der Waals surface area contributed by atoms with Crippen molar-refractivity contribution < 1.29 is 21.7 Å². The van der Waals surface area contributed by atoms with Gasteiger partial charge in [-0.05, 0) is 94.2 Å². The maximum absolute atomic E-state index is 4.93. The molecule has 4 nitrogen and oxygen atoms in total. The molecule has 0 fully saturated rings. The maximum atomic E-state index is 4.93. The SMILES string of the molecule is CC(=CCc1ccccc1)C=C(C)Cc1ccccc1.CNC.CNC.CNC.CNC.[CH-]=CC=CC.[Ti]. The molecule has 0 saturated carbocycles. The summed E-state index contributed by atoms with van der Waals surface area (Å²) in [4.78, 5) is 0. The Morgan fingerprint density at radius 2 is 1.05 bits per heavy atom. The molecule has 214 valence electrons. The Kier molecular flexibility index (Phi) is 50.7. The molecule has 0 aliphatic carbocycles. The molecule has 0 amide bonds. The van der Waals surface area contributed by atoms with Gasteiger partial charge < -0.3 is 21.3 Å². The summed E-state index contributed by atoms with van der Waals surface area (Å²) in [5.74, 6) is 0. The molecule has 0 radical (unpaired) electrons. The third kappa shape index (κ3) is 44.0. The van der Waals surface area contributed by atoms with E-state index in [9.17, 15) is 0 Å². The first-order valence-electron chi connectivity index (χ1n) is 12.7. The number of hydrogen-bond acceptors (Lipinski definition) is 4. The summed E-state index contributed by atoms with van der Waals surface area (Å²) in [6.07, 6.45) is 11.8. The molecule has 0 unspecified atom stereocenters. The van der Waals surface area contributed by atoms with E-state index in [-0.39, 0.29) is 21.7 Å². The second-order valence-electron chi connectivity index (χ2n) is 8.01. The van der Waals surface area contributed by atoms with E-state index in [4.69, 9.17) is 6.58 Å². The second kappa shape index (κ2) is 42.1. The van der Waals surface area contributed by atoms with Crippen LogP contribution in [0.15, 0.2) is 102 Å². The van der Waals surface area contributed by atoms with E-state index in [1.54, 1.807) is 6.08 Å². The van der Waals surface area contributed by atoms with Crippen LogP contribution in [0.4, 0.5) is 0 Å². The Labute approximate surface area is 252 Å². The van der Waals surface area contributed by atoms with Gasteiger partial charge in [0, 0.05) is 21.7 Å². The molecule has 4 N–H and O–H groups in total. The van der Waals surface area contributed by atoms with Crippen LogP contribution in [0.2, 0.25) is 0 Å². The van der Waals surface area contributed by atoms with Crippen LogP contribution < -0.4 is 21.3 Å². The predicted molar refractivity (Wildman–Crippen MR) is 171 cm³/mol. The molecular formula is C33H57N4Ti-. The van der Waals surface area contributed by atoms with Crippen LogP contribution in [0, 0.1) is 6.58 Å². The first kappa shape index (κ1) is 45.8. The average Bonchev–Trinajstić information content (AvgIpc) is 2.87. The van der Waals surface area contributed by atoms with E-state index in [0.717, 1.165) is 12.8 Å². The first-order chi connectivity index (χ1) is 17.8. The van der Waals surface area contributed by atoms with Crippen LogP contribution in [-0.4, -0.2) is 56.4 Å². The monoisotopic (exact) mass is 557 g/mol. The van der Waals surface area contributed by atoms with Gasteiger partial charge >= 0.3 is 0 Å². The van der Waals surface area contributed by atoms with E-state index in [1.807, 2.05) is 69.4 Å². The maximum Gasteiger partial charge on any atom is 0 e. The van der Waals surface area contributed by atoms with Gasteiger partial charge in [-0.2, -0.15) is 6.08 Å². The van der Waals surface area contributed by atoms with Crippen LogP contribution >= 0.6 is 0 Å². The fourth-order valence-electron chi connectivity index (χ4n) is 2.42. The van der Waals surface area contributed by atoms with Crippen molar-refractivity contribution in [2.45, 2.75) is 33.6 Å². The summed E-state index contributed by atoms with van der Waals surface area (Å²) in [5.41, 5.74) is 5.47. The normalized spacial score (nSPS) is 9.66. The number of benzene rings is 2. The van der Waals surface area contributed by atoms with Crippen molar-refractivity contribution in [1.82, 2.24) is 21.3 Å². The minimum Gasteiger partial charge on any atom is -0.323 e. The molecule has 0 aliphatic rings. The topological polar surface area (TPSA) is 48.1 Å². The minimum atomic E-state index is 0. The van der Waals surface area contributed by atoms with E-state index in [1.165, 1.54) is 28.3 Å². The summed E-state index contributed by atoms with van der Waals surface area (Å²) >= 11 is 0. The molecule has 2 rings (SSSR count). The van der Waals surface area contributed by atoms with Crippen LogP contribution in [-0.2, 0) is 34.6 Å². The van der Waals surface area contributed by atoms with Crippen LogP contribution in [0.25, 0.3) is 0 Å². The van der Waals surface area contributed by atoms with Crippen molar-refractivity contribution in [3.8, 4) is 0 Å². The zero-order valence-electron chi connectivity index (χ0n) is 26.2. The fourth-order valence-corrected chi connectivity index (χ4v) is 2.42. The Morgan fingerprint density at radius 3 is 1.37 bits per heavy atom. The minimum absolute atomic E-state index is 0.